The smallest absolute Gasteiger partial charge is 0.128 e. The Morgan fingerprint density at radius 3 is 2.80 bits per heavy atom. The van der Waals surface area contributed by atoms with Crippen LogP contribution >= 0.6 is 27.7 Å². The van der Waals surface area contributed by atoms with Crippen LogP contribution in [-0.2, 0) is 0 Å². The molecule has 0 aliphatic rings. The van der Waals surface area contributed by atoms with Gasteiger partial charge in [0.15, 0.2) is 0 Å². The third kappa shape index (κ3) is 3.98. The van der Waals surface area contributed by atoms with Crippen molar-refractivity contribution in [3.63, 3.8) is 0 Å². The second kappa shape index (κ2) is 7.67. The van der Waals surface area contributed by atoms with Gasteiger partial charge in [0, 0.05) is 32.9 Å². The van der Waals surface area contributed by atoms with Gasteiger partial charge in [0.25, 0.3) is 0 Å². The van der Waals surface area contributed by atoms with E-state index in [1.165, 1.54) is 4.90 Å². The number of aromatic nitrogens is 1. The van der Waals surface area contributed by atoms with E-state index in [1.807, 2.05) is 24.3 Å². The lowest BCUT2D eigenvalue weighted by Crippen LogP contribution is -2.24. The highest BCUT2D eigenvalue weighted by Crippen LogP contribution is 2.31. The number of hydrogen-bond acceptors (Lipinski definition) is 4. The van der Waals surface area contributed by atoms with Crippen LogP contribution in [0.25, 0.3) is 0 Å². The first-order chi connectivity index (χ1) is 9.72. The molecular formula is C15H18BrN3S. The van der Waals surface area contributed by atoms with Crippen molar-refractivity contribution in [1.82, 2.24) is 10.3 Å². The zero-order valence-corrected chi connectivity index (χ0v) is 13.7. The van der Waals surface area contributed by atoms with Crippen LogP contribution in [0.15, 0.2) is 52.0 Å². The SMILES string of the molecule is CCNC(CSc1ccccc1Br)c1cccnc1N. The van der Waals surface area contributed by atoms with E-state index in [2.05, 4.69) is 45.3 Å². The fourth-order valence-electron chi connectivity index (χ4n) is 1.96. The first-order valence-corrected chi connectivity index (χ1v) is 8.31. The van der Waals surface area contributed by atoms with Crippen LogP contribution in [0.5, 0.6) is 0 Å². The summed E-state index contributed by atoms with van der Waals surface area (Å²) in [4.78, 5) is 5.41. The molecule has 1 unspecified atom stereocenters. The van der Waals surface area contributed by atoms with Gasteiger partial charge in [0.2, 0.25) is 0 Å². The minimum Gasteiger partial charge on any atom is -0.383 e. The van der Waals surface area contributed by atoms with Gasteiger partial charge >= 0.3 is 0 Å². The number of nitrogens with one attached hydrogen (secondary N) is 1. The predicted molar refractivity (Wildman–Crippen MR) is 89.9 cm³/mol. The summed E-state index contributed by atoms with van der Waals surface area (Å²) < 4.78 is 1.12. The van der Waals surface area contributed by atoms with Crippen molar-refractivity contribution in [2.45, 2.75) is 17.9 Å². The summed E-state index contributed by atoms with van der Waals surface area (Å²) >= 11 is 5.38. The maximum absolute atomic E-state index is 5.98. The van der Waals surface area contributed by atoms with Gasteiger partial charge in [0.05, 0.1) is 0 Å². The minimum absolute atomic E-state index is 0.200. The molecule has 0 aliphatic carbocycles. The molecule has 0 fully saturated rings. The standard InChI is InChI=1S/C15H18BrN3S/c1-2-18-13(11-6-5-9-19-15(11)17)10-20-14-8-4-3-7-12(14)16/h3-9,13,18H,2,10H2,1H3,(H2,17,19). The van der Waals surface area contributed by atoms with Crippen molar-refractivity contribution in [3.05, 3.63) is 52.6 Å². The van der Waals surface area contributed by atoms with Crippen LogP contribution in [0.3, 0.4) is 0 Å². The zero-order valence-electron chi connectivity index (χ0n) is 11.3. The third-order valence-corrected chi connectivity index (χ3v) is 5.06. The minimum atomic E-state index is 0.200. The van der Waals surface area contributed by atoms with Crippen molar-refractivity contribution in [3.8, 4) is 0 Å². The number of nitrogen functional groups attached to an aromatic ring is 1. The average Bonchev–Trinajstić information content (AvgIpc) is 2.46. The van der Waals surface area contributed by atoms with Gasteiger partial charge in [0.1, 0.15) is 5.82 Å². The first kappa shape index (κ1) is 15.4. The van der Waals surface area contributed by atoms with Crippen molar-refractivity contribution >= 4 is 33.5 Å². The van der Waals surface area contributed by atoms with E-state index < -0.39 is 0 Å². The van der Waals surface area contributed by atoms with Gasteiger partial charge in [-0.1, -0.05) is 25.1 Å². The third-order valence-electron chi connectivity index (χ3n) is 2.94. The van der Waals surface area contributed by atoms with Crippen molar-refractivity contribution < 1.29 is 0 Å². The Bertz CT molecular complexity index is 562. The molecule has 0 saturated heterocycles. The Labute approximate surface area is 132 Å². The normalized spacial score (nSPS) is 12.3. The molecule has 1 heterocycles. The first-order valence-electron chi connectivity index (χ1n) is 6.53. The lowest BCUT2D eigenvalue weighted by Gasteiger charge is -2.19. The summed E-state index contributed by atoms with van der Waals surface area (Å²) in [5, 5.41) is 3.47. The van der Waals surface area contributed by atoms with Crippen LogP contribution < -0.4 is 11.1 Å². The van der Waals surface area contributed by atoms with Crippen molar-refractivity contribution in [2.24, 2.45) is 0 Å². The molecule has 20 heavy (non-hydrogen) atoms. The number of pyridine rings is 1. The van der Waals surface area contributed by atoms with Crippen LogP contribution in [-0.4, -0.2) is 17.3 Å². The van der Waals surface area contributed by atoms with E-state index in [9.17, 15) is 0 Å². The summed E-state index contributed by atoms with van der Waals surface area (Å²) in [5.74, 6) is 1.51. The van der Waals surface area contributed by atoms with Gasteiger partial charge in [-0.05, 0) is 40.7 Å². The summed E-state index contributed by atoms with van der Waals surface area (Å²) in [6, 6.07) is 12.4. The number of nitrogens with two attached hydrogens (primary N) is 1. The average molecular weight is 352 g/mol. The van der Waals surface area contributed by atoms with E-state index >= 15 is 0 Å². The Hall–Kier alpha value is -1.04. The molecule has 2 aromatic rings. The quantitative estimate of drug-likeness (QED) is 0.775. The molecule has 3 nitrogen and oxygen atoms in total. The summed E-state index contributed by atoms with van der Waals surface area (Å²) in [6.07, 6.45) is 1.72. The van der Waals surface area contributed by atoms with E-state index in [1.54, 1.807) is 18.0 Å². The van der Waals surface area contributed by atoms with Crippen LogP contribution in [0.4, 0.5) is 5.82 Å². The van der Waals surface area contributed by atoms with Crippen LogP contribution in [0.2, 0.25) is 0 Å². The summed E-state index contributed by atoms with van der Waals surface area (Å²) in [7, 11) is 0. The molecule has 1 aromatic carbocycles. The molecule has 0 radical (unpaired) electrons. The van der Waals surface area contributed by atoms with E-state index in [0.717, 1.165) is 22.3 Å². The molecule has 106 valence electrons. The number of nitrogens with zero attached hydrogens (tertiary/aromatic N) is 1. The number of thioether (sulfide) groups is 1. The highest BCUT2D eigenvalue weighted by Gasteiger charge is 2.14. The second-order valence-corrected chi connectivity index (χ2v) is 6.25. The monoisotopic (exact) mass is 351 g/mol. The number of anilines is 1. The summed E-state index contributed by atoms with van der Waals surface area (Å²) in [6.45, 7) is 3.00. The molecule has 0 spiro atoms. The molecule has 0 amide bonds. The number of halogens is 1. The second-order valence-electron chi connectivity index (χ2n) is 4.33. The predicted octanol–water partition coefficient (Wildman–Crippen LogP) is 3.87. The lowest BCUT2D eigenvalue weighted by molar-refractivity contribution is 0.606. The Balaban J connectivity index is 2.11. The van der Waals surface area contributed by atoms with Gasteiger partial charge in [-0.25, -0.2) is 4.98 Å². The molecule has 1 atom stereocenters. The Morgan fingerprint density at radius 1 is 1.30 bits per heavy atom. The zero-order chi connectivity index (χ0) is 14.4. The fourth-order valence-corrected chi connectivity index (χ4v) is 3.62. The molecular weight excluding hydrogens is 334 g/mol. The Morgan fingerprint density at radius 2 is 2.10 bits per heavy atom. The molecule has 0 bridgehead atoms. The van der Waals surface area contributed by atoms with Gasteiger partial charge < -0.3 is 11.1 Å². The maximum Gasteiger partial charge on any atom is 0.128 e. The molecule has 0 aliphatic heterocycles. The van der Waals surface area contributed by atoms with Gasteiger partial charge in [-0.15, -0.1) is 11.8 Å². The van der Waals surface area contributed by atoms with Gasteiger partial charge in [-0.3, -0.25) is 0 Å². The molecule has 0 saturated carbocycles. The van der Waals surface area contributed by atoms with Crippen LogP contribution in [0, 0.1) is 0 Å². The molecule has 1 aromatic heterocycles. The van der Waals surface area contributed by atoms with E-state index in [4.69, 9.17) is 5.73 Å². The number of rotatable bonds is 6. The Kier molecular flexibility index (Phi) is 5.88. The molecule has 2 rings (SSSR count). The largest absolute Gasteiger partial charge is 0.383 e. The fraction of sp³-hybridized carbons (Fsp3) is 0.267. The van der Waals surface area contributed by atoms with Crippen LogP contribution in [0.1, 0.15) is 18.5 Å². The highest BCUT2D eigenvalue weighted by atomic mass is 79.9. The van der Waals surface area contributed by atoms with E-state index in [0.29, 0.717) is 5.82 Å². The molecule has 5 heteroatoms. The number of benzene rings is 1. The van der Waals surface area contributed by atoms with Crippen molar-refractivity contribution in [2.75, 3.05) is 18.0 Å². The highest BCUT2D eigenvalue weighted by molar-refractivity contribution is 9.10. The van der Waals surface area contributed by atoms with Gasteiger partial charge in [-0.2, -0.15) is 0 Å². The van der Waals surface area contributed by atoms with Crippen molar-refractivity contribution in [1.29, 1.82) is 0 Å². The summed E-state index contributed by atoms with van der Waals surface area (Å²) in [5.41, 5.74) is 7.04. The number of hydrogen-bond donors (Lipinski definition) is 2. The maximum atomic E-state index is 5.98. The van der Waals surface area contributed by atoms with E-state index in [-0.39, 0.29) is 6.04 Å². The lowest BCUT2D eigenvalue weighted by atomic mass is 10.1. The molecule has 3 N–H and O–H groups in total. The topological polar surface area (TPSA) is 50.9 Å².